The van der Waals surface area contributed by atoms with E-state index < -0.39 is 5.54 Å². The molecule has 6 nitrogen and oxygen atoms in total. The second-order valence-corrected chi connectivity index (χ2v) is 5.17. The van der Waals surface area contributed by atoms with Gasteiger partial charge in [-0.2, -0.15) is 0 Å². The number of rotatable bonds is 4. The van der Waals surface area contributed by atoms with Crippen LogP contribution in [-0.4, -0.2) is 20.9 Å². The van der Waals surface area contributed by atoms with Crippen LogP contribution in [0.1, 0.15) is 31.1 Å². The fraction of sp³-hybridized carbons (Fsp3) is 0.357. The number of nitrogens with zero attached hydrogens (tertiary/aromatic N) is 3. The highest BCUT2D eigenvalue weighted by Crippen LogP contribution is 2.16. The van der Waals surface area contributed by atoms with Gasteiger partial charge in [0.2, 0.25) is 5.91 Å². The van der Waals surface area contributed by atoms with Crippen molar-refractivity contribution < 1.29 is 9.21 Å². The summed E-state index contributed by atoms with van der Waals surface area (Å²) in [7, 11) is 1.79. The van der Waals surface area contributed by atoms with Gasteiger partial charge in [-0.15, -0.1) is 5.10 Å². The maximum absolute atomic E-state index is 11.9. The van der Waals surface area contributed by atoms with Crippen molar-refractivity contribution in [2.24, 2.45) is 7.05 Å². The maximum Gasteiger partial charge on any atom is 0.244 e. The Bertz CT molecular complexity index is 637. The Balaban J connectivity index is 2.02. The minimum Gasteiger partial charge on any atom is -0.462 e. The highest BCUT2D eigenvalue weighted by Gasteiger charge is 2.25. The summed E-state index contributed by atoms with van der Waals surface area (Å²) in [6, 6.07) is 3.66. The second kappa shape index (κ2) is 5.32. The van der Waals surface area contributed by atoms with Gasteiger partial charge < -0.3 is 9.73 Å². The van der Waals surface area contributed by atoms with Crippen LogP contribution in [0.5, 0.6) is 0 Å². The van der Waals surface area contributed by atoms with Crippen LogP contribution in [0, 0.1) is 6.92 Å². The van der Waals surface area contributed by atoms with Crippen molar-refractivity contribution in [3.63, 3.8) is 0 Å². The van der Waals surface area contributed by atoms with Crippen LogP contribution in [0.3, 0.4) is 0 Å². The normalized spacial score (nSPS) is 12.0. The largest absolute Gasteiger partial charge is 0.462 e. The Labute approximate surface area is 117 Å². The molecular formula is C14H18N4O2. The van der Waals surface area contributed by atoms with E-state index in [1.165, 1.54) is 6.08 Å². The molecule has 0 spiro atoms. The number of carbonyl (C=O) groups excluding carboxylic acids is 1. The lowest BCUT2D eigenvalue weighted by Gasteiger charge is -2.22. The molecule has 0 aliphatic carbocycles. The molecule has 0 saturated heterocycles. The van der Waals surface area contributed by atoms with Gasteiger partial charge in [0.25, 0.3) is 0 Å². The molecule has 1 N–H and O–H groups in total. The van der Waals surface area contributed by atoms with Crippen LogP contribution < -0.4 is 5.32 Å². The number of hydrogen-bond donors (Lipinski definition) is 1. The first-order valence-electron chi connectivity index (χ1n) is 6.30. The second-order valence-electron chi connectivity index (χ2n) is 5.17. The molecule has 0 aliphatic rings. The molecule has 0 saturated carbocycles. The standard InChI is InChI=1S/C14H18N4O2/c1-10-5-6-11(20-10)7-8-13(19)15-14(2,3)12-9-18(4)17-16-12/h5-9H,1-4H3,(H,15,19). The summed E-state index contributed by atoms with van der Waals surface area (Å²) < 4.78 is 6.96. The van der Waals surface area contributed by atoms with E-state index in [0.717, 1.165) is 5.76 Å². The van der Waals surface area contributed by atoms with E-state index in [2.05, 4.69) is 15.6 Å². The number of carbonyl (C=O) groups is 1. The molecule has 20 heavy (non-hydrogen) atoms. The van der Waals surface area contributed by atoms with E-state index in [1.807, 2.05) is 32.9 Å². The molecule has 0 unspecified atom stereocenters. The van der Waals surface area contributed by atoms with Crippen molar-refractivity contribution >= 4 is 12.0 Å². The van der Waals surface area contributed by atoms with Gasteiger partial charge in [-0.1, -0.05) is 5.21 Å². The third-order valence-electron chi connectivity index (χ3n) is 2.84. The molecule has 2 heterocycles. The summed E-state index contributed by atoms with van der Waals surface area (Å²) in [5.74, 6) is 1.25. The predicted octanol–water partition coefficient (Wildman–Crippen LogP) is 1.78. The predicted molar refractivity (Wildman–Crippen MR) is 74.7 cm³/mol. The molecule has 106 valence electrons. The van der Waals surface area contributed by atoms with Crippen molar-refractivity contribution in [2.75, 3.05) is 0 Å². The van der Waals surface area contributed by atoms with Crippen LogP contribution in [0.2, 0.25) is 0 Å². The third-order valence-corrected chi connectivity index (χ3v) is 2.84. The summed E-state index contributed by atoms with van der Waals surface area (Å²) in [4.78, 5) is 11.9. The van der Waals surface area contributed by atoms with Crippen LogP contribution >= 0.6 is 0 Å². The molecule has 2 aromatic heterocycles. The molecule has 1 amide bonds. The third kappa shape index (κ3) is 3.34. The van der Waals surface area contributed by atoms with Crippen LogP contribution in [0.25, 0.3) is 6.08 Å². The smallest absolute Gasteiger partial charge is 0.244 e. The average molecular weight is 274 g/mol. The minimum absolute atomic E-state index is 0.213. The topological polar surface area (TPSA) is 73.0 Å². The molecule has 6 heteroatoms. The van der Waals surface area contributed by atoms with E-state index in [9.17, 15) is 4.79 Å². The number of hydrogen-bond acceptors (Lipinski definition) is 4. The number of amides is 1. The van der Waals surface area contributed by atoms with E-state index >= 15 is 0 Å². The lowest BCUT2D eigenvalue weighted by atomic mass is 10.0. The van der Waals surface area contributed by atoms with Crippen LogP contribution in [0.4, 0.5) is 0 Å². The highest BCUT2D eigenvalue weighted by molar-refractivity contribution is 5.91. The van der Waals surface area contributed by atoms with E-state index in [1.54, 1.807) is 24.0 Å². The average Bonchev–Trinajstić information content (AvgIpc) is 2.95. The summed E-state index contributed by atoms with van der Waals surface area (Å²) in [6.45, 7) is 5.61. The van der Waals surface area contributed by atoms with Gasteiger partial charge in [-0.25, -0.2) is 0 Å². The van der Waals surface area contributed by atoms with Crippen molar-refractivity contribution in [1.82, 2.24) is 20.3 Å². The SMILES string of the molecule is Cc1ccc(C=CC(=O)NC(C)(C)c2cn(C)nn2)o1. The molecule has 0 aromatic carbocycles. The van der Waals surface area contributed by atoms with Gasteiger partial charge >= 0.3 is 0 Å². The summed E-state index contributed by atoms with van der Waals surface area (Å²) in [5.41, 5.74) is 0.116. The zero-order valence-electron chi connectivity index (χ0n) is 12.0. The molecule has 0 bridgehead atoms. The monoisotopic (exact) mass is 274 g/mol. The number of furan rings is 1. The maximum atomic E-state index is 11.9. The Kier molecular flexibility index (Phi) is 3.74. The molecule has 2 aromatic rings. The Hall–Kier alpha value is -2.37. The van der Waals surface area contributed by atoms with E-state index in [0.29, 0.717) is 11.5 Å². The molecule has 0 fully saturated rings. The number of nitrogens with one attached hydrogen (secondary N) is 1. The molecule has 0 atom stereocenters. The van der Waals surface area contributed by atoms with Gasteiger partial charge in [-0.3, -0.25) is 9.48 Å². The van der Waals surface area contributed by atoms with Crippen LogP contribution in [0.15, 0.2) is 28.8 Å². The molecule has 0 aliphatic heterocycles. The minimum atomic E-state index is -0.589. The van der Waals surface area contributed by atoms with Gasteiger partial charge in [0.15, 0.2) is 0 Å². The first-order valence-corrected chi connectivity index (χ1v) is 6.30. The highest BCUT2D eigenvalue weighted by atomic mass is 16.3. The lowest BCUT2D eigenvalue weighted by Crippen LogP contribution is -2.40. The van der Waals surface area contributed by atoms with Gasteiger partial charge in [0.05, 0.1) is 11.7 Å². The molecule has 2 rings (SSSR count). The van der Waals surface area contributed by atoms with Gasteiger partial charge in [-0.05, 0) is 39.0 Å². The number of aryl methyl sites for hydroxylation is 2. The molecule has 0 radical (unpaired) electrons. The van der Waals surface area contributed by atoms with E-state index in [4.69, 9.17) is 4.42 Å². The fourth-order valence-electron chi connectivity index (χ4n) is 1.75. The first kappa shape index (κ1) is 14.0. The zero-order valence-corrected chi connectivity index (χ0v) is 12.0. The van der Waals surface area contributed by atoms with Crippen molar-refractivity contribution in [3.8, 4) is 0 Å². The summed E-state index contributed by atoms with van der Waals surface area (Å²) >= 11 is 0. The zero-order chi connectivity index (χ0) is 14.8. The van der Waals surface area contributed by atoms with Crippen molar-refractivity contribution in [1.29, 1.82) is 0 Å². The summed E-state index contributed by atoms with van der Waals surface area (Å²) in [6.07, 6.45) is 4.85. The van der Waals surface area contributed by atoms with Crippen molar-refractivity contribution in [3.05, 3.63) is 41.6 Å². The van der Waals surface area contributed by atoms with E-state index in [-0.39, 0.29) is 5.91 Å². The Morgan fingerprint density at radius 1 is 1.45 bits per heavy atom. The number of aromatic nitrogens is 3. The summed E-state index contributed by atoms with van der Waals surface area (Å²) in [5, 5.41) is 10.8. The first-order chi connectivity index (χ1) is 9.37. The molecular weight excluding hydrogens is 256 g/mol. The van der Waals surface area contributed by atoms with Gasteiger partial charge in [0.1, 0.15) is 17.2 Å². The van der Waals surface area contributed by atoms with Crippen LogP contribution in [-0.2, 0) is 17.4 Å². The Morgan fingerprint density at radius 2 is 2.20 bits per heavy atom. The quantitative estimate of drug-likeness (QED) is 0.862. The fourth-order valence-corrected chi connectivity index (χ4v) is 1.75. The van der Waals surface area contributed by atoms with Crippen molar-refractivity contribution in [2.45, 2.75) is 26.3 Å². The lowest BCUT2D eigenvalue weighted by molar-refractivity contribution is -0.118. The van der Waals surface area contributed by atoms with Gasteiger partial charge in [0, 0.05) is 13.1 Å². The Morgan fingerprint density at radius 3 is 2.75 bits per heavy atom.